The van der Waals surface area contributed by atoms with E-state index in [1.807, 2.05) is 24.5 Å². The van der Waals surface area contributed by atoms with Gasteiger partial charge in [-0.2, -0.15) is 5.10 Å². The summed E-state index contributed by atoms with van der Waals surface area (Å²) in [5.74, 6) is 0.825. The minimum absolute atomic E-state index is 0.0476. The third kappa shape index (κ3) is 2.60. The van der Waals surface area contributed by atoms with Crippen LogP contribution in [-0.2, 0) is 11.3 Å². The van der Waals surface area contributed by atoms with Crippen molar-refractivity contribution < 1.29 is 4.74 Å². The van der Waals surface area contributed by atoms with Gasteiger partial charge in [0, 0.05) is 31.2 Å². The molecule has 3 aromatic rings. The van der Waals surface area contributed by atoms with Crippen molar-refractivity contribution in [2.45, 2.75) is 31.6 Å². The fourth-order valence-electron chi connectivity index (χ4n) is 2.94. The molecule has 4 heterocycles. The lowest BCUT2D eigenvalue weighted by atomic mass is 10.2. The third-order valence-corrected chi connectivity index (χ3v) is 4.04. The van der Waals surface area contributed by atoms with E-state index in [1.165, 1.54) is 12.0 Å². The Hall–Kier alpha value is -2.25. The van der Waals surface area contributed by atoms with Crippen LogP contribution in [0.5, 0.6) is 0 Å². The number of pyridine rings is 1. The zero-order chi connectivity index (χ0) is 14.8. The molecule has 0 aromatic carbocycles. The Labute approximate surface area is 127 Å². The van der Waals surface area contributed by atoms with Crippen LogP contribution in [0, 0.1) is 0 Å². The van der Waals surface area contributed by atoms with E-state index in [-0.39, 0.29) is 12.2 Å². The lowest BCUT2D eigenvalue weighted by Gasteiger charge is -2.13. The highest BCUT2D eigenvalue weighted by Gasteiger charge is 2.27. The Kier molecular flexibility index (Phi) is 3.57. The molecule has 0 unspecified atom stereocenters. The summed E-state index contributed by atoms with van der Waals surface area (Å²) in [5.41, 5.74) is 2.17. The SMILES string of the molecule is c1cc(CNC[C@H]2CC[C@@H](c3ncn[nH]3)O2)n2ccnc2c1. The summed E-state index contributed by atoms with van der Waals surface area (Å²) in [5, 5.41) is 10.2. The first kappa shape index (κ1) is 13.4. The number of ether oxygens (including phenoxy) is 1. The van der Waals surface area contributed by atoms with Gasteiger partial charge in [-0.25, -0.2) is 9.97 Å². The monoisotopic (exact) mass is 298 g/mol. The van der Waals surface area contributed by atoms with Crippen LogP contribution in [0.4, 0.5) is 0 Å². The van der Waals surface area contributed by atoms with Gasteiger partial charge in [0.2, 0.25) is 0 Å². The van der Waals surface area contributed by atoms with Crippen molar-refractivity contribution in [3.05, 3.63) is 48.4 Å². The predicted molar refractivity (Wildman–Crippen MR) is 80.1 cm³/mol. The van der Waals surface area contributed by atoms with Crippen molar-refractivity contribution in [1.82, 2.24) is 29.9 Å². The van der Waals surface area contributed by atoms with Crippen LogP contribution >= 0.6 is 0 Å². The van der Waals surface area contributed by atoms with Gasteiger partial charge in [-0.05, 0) is 25.0 Å². The second-order valence-electron chi connectivity index (χ2n) is 5.50. The third-order valence-electron chi connectivity index (χ3n) is 4.04. The molecule has 114 valence electrons. The van der Waals surface area contributed by atoms with Crippen molar-refractivity contribution >= 4 is 5.65 Å². The number of rotatable bonds is 5. The minimum Gasteiger partial charge on any atom is -0.366 e. The first-order chi connectivity index (χ1) is 10.9. The van der Waals surface area contributed by atoms with Crippen LogP contribution in [0.3, 0.4) is 0 Å². The van der Waals surface area contributed by atoms with E-state index in [0.29, 0.717) is 0 Å². The molecule has 4 rings (SSSR count). The van der Waals surface area contributed by atoms with Gasteiger partial charge >= 0.3 is 0 Å². The van der Waals surface area contributed by atoms with Crippen molar-refractivity contribution in [3.8, 4) is 0 Å². The number of hydrogen-bond donors (Lipinski definition) is 2. The van der Waals surface area contributed by atoms with Crippen molar-refractivity contribution in [1.29, 1.82) is 0 Å². The number of hydrogen-bond acceptors (Lipinski definition) is 5. The largest absolute Gasteiger partial charge is 0.366 e. The molecular formula is C15H18N6O. The van der Waals surface area contributed by atoms with E-state index in [0.717, 1.165) is 37.4 Å². The number of nitrogens with one attached hydrogen (secondary N) is 2. The Morgan fingerprint density at radius 1 is 1.32 bits per heavy atom. The van der Waals surface area contributed by atoms with Crippen LogP contribution in [0.15, 0.2) is 36.9 Å². The molecular weight excluding hydrogens is 280 g/mol. The van der Waals surface area contributed by atoms with Crippen LogP contribution < -0.4 is 5.32 Å². The highest BCUT2D eigenvalue weighted by Crippen LogP contribution is 2.29. The molecule has 2 atom stereocenters. The Morgan fingerprint density at radius 3 is 3.23 bits per heavy atom. The molecule has 3 aromatic heterocycles. The molecule has 0 amide bonds. The van der Waals surface area contributed by atoms with Crippen molar-refractivity contribution in [3.63, 3.8) is 0 Å². The molecule has 7 heteroatoms. The molecule has 7 nitrogen and oxygen atoms in total. The van der Waals surface area contributed by atoms with E-state index in [2.05, 4.69) is 35.9 Å². The fraction of sp³-hybridized carbons (Fsp3) is 0.400. The summed E-state index contributed by atoms with van der Waals surface area (Å²) < 4.78 is 8.10. The molecule has 1 saturated heterocycles. The summed E-state index contributed by atoms with van der Waals surface area (Å²) in [6, 6.07) is 6.14. The maximum Gasteiger partial charge on any atom is 0.153 e. The molecule has 2 N–H and O–H groups in total. The zero-order valence-corrected chi connectivity index (χ0v) is 12.1. The average Bonchev–Trinajstić information content (AvgIpc) is 3.28. The van der Waals surface area contributed by atoms with Gasteiger partial charge in [-0.1, -0.05) is 6.07 Å². The smallest absolute Gasteiger partial charge is 0.153 e. The fourth-order valence-corrected chi connectivity index (χ4v) is 2.94. The Bertz CT molecular complexity index is 737. The normalized spacial score (nSPS) is 21.6. The number of fused-ring (bicyclic) bond motifs is 1. The van der Waals surface area contributed by atoms with Gasteiger partial charge in [-0.3, -0.25) is 5.10 Å². The molecule has 1 aliphatic rings. The number of aromatic amines is 1. The summed E-state index contributed by atoms with van der Waals surface area (Å²) in [4.78, 5) is 8.46. The van der Waals surface area contributed by atoms with E-state index >= 15 is 0 Å². The minimum atomic E-state index is 0.0476. The summed E-state index contributed by atoms with van der Waals surface area (Å²) >= 11 is 0. The molecule has 0 radical (unpaired) electrons. The highest BCUT2D eigenvalue weighted by atomic mass is 16.5. The zero-order valence-electron chi connectivity index (χ0n) is 12.1. The molecule has 0 bridgehead atoms. The number of nitrogens with zero attached hydrogens (tertiary/aromatic N) is 4. The van der Waals surface area contributed by atoms with Gasteiger partial charge in [0.05, 0.1) is 6.10 Å². The summed E-state index contributed by atoms with van der Waals surface area (Å²) in [6.07, 6.45) is 7.62. The lowest BCUT2D eigenvalue weighted by molar-refractivity contribution is 0.0400. The van der Waals surface area contributed by atoms with Crippen LogP contribution in [-0.4, -0.2) is 37.2 Å². The van der Waals surface area contributed by atoms with E-state index in [9.17, 15) is 0 Å². The van der Waals surface area contributed by atoms with Crippen LogP contribution in [0.1, 0.15) is 30.5 Å². The summed E-state index contributed by atoms with van der Waals surface area (Å²) in [6.45, 7) is 1.62. The standard InChI is InChI=1S/C15H18N6O/c1-2-11(21-7-6-17-14(21)3-1)8-16-9-12-4-5-13(22-12)15-18-10-19-20-15/h1-3,6-7,10,12-13,16H,4-5,8-9H2,(H,18,19,20)/t12-,13+/m1/s1. The van der Waals surface area contributed by atoms with Gasteiger partial charge in [0.15, 0.2) is 5.82 Å². The van der Waals surface area contributed by atoms with Gasteiger partial charge in [-0.15, -0.1) is 0 Å². The molecule has 1 aliphatic heterocycles. The molecule has 0 spiro atoms. The molecule has 0 aliphatic carbocycles. The maximum atomic E-state index is 6.00. The van der Waals surface area contributed by atoms with Gasteiger partial charge in [0.25, 0.3) is 0 Å². The first-order valence-corrected chi connectivity index (χ1v) is 7.52. The van der Waals surface area contributed by atoms with E-state index in [1.54, 1.807) is 0 Å². The Balaban J connectivity index is 1.32. The van der Waals surface area contributed by atoms with Crippen LogP contribution in [0.2, 0.25) is 0 Å². The lowest BCUT2D eigenvalue weighted by Crippen LogP contribution is -2.26. The van der Waals surface area contributed by atoms with Gasteiger partial charge < -0.3 is 14.5 Å². The Morgan fingerprint density at radius 2 is 2.32 bits per heavy atom. The van der Waals surface area contributed by atoms with Crippen molar-refractivity contribution in [2.75, 3.05) is 6.54 Å². The van der Waals surface area contributed by atoms with Crippen molar-refractivity contribution in [2.24, 2.45) is 0 Å². The number of H-pyrrole nitrogens is 1. The van der Waals surface area contributed by atoms with E-state index < -0.39 is 0 Å². The van der Waals surface area contributed by atoms with Gasteiger partial charge in [0.1, 0.15) is 18.1 Å². The first-order valence-electron chi connectivity index (χ1n) is 7.52. The summed E-state index contributed by atoms with van der Waals surface area (Å²) in [7, 11) is 0. The molecule has 0 saturated carbocycles. The predicted octanol–water partition coefficient (Wildman–Crippen LogP) is 1.46. The second kappa shape index (κ2) is 5.86. The number of imidazole rings is 1. The number of aromatic nitrogens is 5. The molecule has 1 fully saturated rings. The topological polar surface area (TPSA) is 80.1 Å². The van der Waals surface area contributed by atoms with E-state index in [4.69, 9.17) is 4.74 Å². The van der Waals surface area contributed by atoms with Crippen LogP contribution in [0.25, 0.3) is 5.65 Å². The maximum absolute atomic E-state index is 6.00. The quantitative estimate of drug-likeness (QED) is 0.745. The second-order valence-corrected chi connectivity index (χ2v) is 5.50. The molecule has 22 heavy (non-hydrogen) atoms. The highest BCUT2D eigenvalue weighted by molar-refractivity contribution is 5.39. The average molecular weight is 298 g/mol.